The molecule has 0 aliphatic rings. The fourth-order valence-electron chi connectivity index (χ4n) is 4.50. The Morgan fingerprint density at radius 2 is 1.88 bits per heavy atom. The highest BCUT2D eigenvalue weighted by atomic mass is 35.5. The van der Waals surface area contributed by atoms with Crippen molar-refractivity contribution in [2.45, 2.75) is 18.8 Å². The van der Waals surface area contributed by atoms with Gasteiger partial charge in [-0.15, -0.1) is 5.10 Å². The van der Waals surface area contributed by atoms with Crippen molar-refractivity contribution in [3.8, 4) is 27.9 Å². The van der Waals surface area contributed by atoms with Gasteiger partial charge in [-0.3, -0.25) is 14.3 Å². The highest BCUT2D eigenvalue weighted by molar-refractivity contribution is 6.31. The van der Waals surface area contributed by atoms with Crippen LogP contribution in [0.5, 0.6) is 0 Å². The summed E-state index contributed by atoms with van der Waals surface area (Å²) in [5, 5.41) is 32.9. The van der Waals surface area contributed by atoms with Gasteiger partial charge in [0.05, 0.1) is 34.6 Å². The smallest absolute Gasteiger partial charge is 0.433 e. The Bertz CT molecular complexity index is 1860. The molecule has 6 rings (SSSR count). The largest absolute Gasteiger partial charge is 0.618 e. The molecule has 0 saturated carbocycles. The van der Waals surface area contributed by atoms with Crippen LogP contribution in [0.4, 0.5) is 17.6 Å². The molecule has 5 heterocycles. The van der Waals surface area contributed by atoms with E-state index in [1.165, 1.54) is 58.5 Å². The Morgan fingerprint density at radius 1 is 1.02 bits per heavy atom. The summed E-state index contributed by atoms with van der Waals surface area (Å²) >= 11 is 6.06. The first-order valence-electron chi connectivity index (χ1n) is 12.2. The van der Waals surface area contributed by atoms with Gasteiger partial charge in [0.15, 0.2) is 18.1 Å². The fourth-order valence-corrected chi connectivity index (χ4v) is 4.65. The summed E-state index contributed by atoms with van der Waals surface area (Å²) in [6.45, 7) is 0.154. The molecule has 16 heteroatoms. The van der Waals surface area contributed by atoms with E-state index >= 15 is 4.39 Å². The van der Waals surface area contributed by atoms with Crippen molar-refractivity contribution < 1.29 is 22.3 Å². The van der Waals surface area contributed by atoms with Gasteiger partial charge in [0.2, 0.25) is 5.69 Å². The summed E-state index contributed by atoms with van der Waals surface area (Å²) in [5.74, 6) is -0.766. The zero-order valence-electron chi connectivity index (χ0n) is 21.1. The van der Waals surface area contributed by atoms with Crippen molar-refractivity contribution in [3.63, 3.8) is 0 Å². The predicted molar refractivity (Wildman–Crippen MR) is 139 cm³/mol. The van der Waals surface area contributed by atoms with Crippen molar-refractivity contribution in [2.24, 2.45) is 0 Å². The number of tetrazole rings is 1. The van der Waals surface area contributed by atoms with Crippen molar-refractivity contribution >= 4 is 11.6 Å². The lowest BCUT2D eigenvalue weighted by molar-refractivity contribution is -0.615. The molecule has 212 valence electrons. The van der Waals surface area contributed by atoms with Crippen LogP contribution in [0.1, 0.15) is 17.4 Å². The lowest BCUT2D eigenvalue weighted by atomic mass is 10.0. The third kappa shape index (κ3) is 5.16. The number of aromatic nitrogens is 10. The average molecular weight is 597 g/mol. The lowest BCUT2D eigenvalue weighted by Gasteiger charge is -2.18. The first-order valence-corrected chi connectivity index (χ1v) is 12.6. The van der Waals surface area contributed by atoms with Gasteiger partial charge in [0, 0.05) is 36.4 Å². The van der Waals surface area contributed by atoms with Gasteiger partial charge >= 0.3 is 6.18 Å². The zero-order valence-corrected chi connectivity index (χ0v) is 21.9. The van der Waals surface area contributed by atoms with E-state index in [0.717, 1.165) is 12.3 Å². The minimum atomic E-state index is -4.61. The minimum absolute atomic E-state index is 0.00843. The number of nitrogens with zero attached hydrogens (tertiary/aromatic N) is 10. The second kappa shape index (κ2) is 10.7. The van der Waals surface area contributed by atoms with Crippen molar-refractivity contribution in [1.82, 2.24) is 44.8 Å². The number of alkyl halides is 3. The van der Waals surface area contributed by atoms with Crippen molar-refractivity contribution in [3.05, 3.63) is 113 Å². The van der Waals surface area contributed by atoms with Gasteiger partial charge in [-0.25, -0.2) is 4.39 Å². The molecule has 11 nitrogen and oxygen atoms in total. The molecule has 5 aromatic heterocycles. The molecule has 0 fully saturated rings. The molecular weight excluding hydrogens is 580 g/mol. The maximum absolute atomic E-state index is 15.3. The molecule has 0 bridgehead atoms. The molecule has 0 spiro atoms. The van der Waals surface area contributed by atoms with Crippen LogP contribution in [-0.2, 0) is 12.7 Å². The second-order valence-corrected chi connectivity index (χ2v) is 9.47. The molecule has 1 aromatic carbocycles. The maximum atomic E-state index is 15.3. The first kappa shape index (κ1) is 27.0. The van der Waals surface area contributed by atoms with Gasteiger partial charge in [-0.05, 0) is 52.4 Å². The number of pyridine rings is 2. The molecule has 0 aliphatic heterocycles. The molecule has 0 saturated heterocycles. The SMILES string of the molecule is [O-][n+]1cc(-c2c(-n3cnnn3)ccc(Cl)c2F)ccc1[C@H](Cn1cccn1)n1cc(-c2ccnc(C(F)(F)F)c2)cn1. The number of benzene rings is 1. The predicted octanol–water partition coefficient (Wildman–Crippen LogP) is 4.52. The molecule has 0 unspecified atom stereocenters. The highest BCUT2D eigenvalue weighted by Gasteiger charge is 2.33. The monoisotopic (exact) mass is 596 g/mol. The molecule has 1 atom stereocenters. The summed E-state index contributed by atoms with van der Waals surface area (Å²) in [7, 11) is 0. The number of halogens is 5. The second-order valence-electron chi connectivity index (χ2n) is 9.06. The summed E-state index contributed by atoms with van der Waals surface area (Å²) in [6, 6.07) is 9.25. The van der Waals surface area contributed by atoms with Gasteiger partial charge < -0.3 is 5.21 Å². The number of rotatable bonds is 7. The van der Waals surface area contributed by atoms with E-state index < -0.39 is 23.7 Å². The van der Waals surface area contributed by atoms with Crippen molar-refractivity contribution in [2.75, 3.05) is 0 Å². The lowest BCUT2D eigenvalue weighted by Crippen LogP contribution is -2.37. The number of hydrogen-bond donors (Lipinski definition) is 0. The molecule has 6 aromatic rings. The van der Waals surface area contributed by atoms with Gasteiger partial charge in [0.25, 0.3) is 0 Å². The Labute approximate surface area is 238 Å². The summed E-state index contributed by atoms with van der Waals surface area (Å²) in [6.07, 6.45) is 5.12. The Balaban J connectivity index is 1.41. The van der Waals surface area contributed by atoms with Crippen LogP contribution in [0.3, 0.4) is 0 Å². The van der Waals surface area contributed by atoms with Crippen LogP contribution < -0.4 is 4.73 Å². The molecular formula is C26H17ClF4N10O. The molecule has 0 N–H and O–H groups in total. The fraction of sp³-hybridized carbons (Fsp3) is 0.115. The third-order valence-electron chi connectivity index (χ3n) is 6.47. The summed E-state index contributed by atoms with van der Waals surface area (Å²) in [4.78, 5) is 3.40. The quantitative estimate of drug-likeness (QED) is 0.151. The third-order valence-corrected chi connectivity index (χ3v) is 6.76. The Morgan fingerprint density at radius 3 is 2.60 bits per heavy atom. The van der Waals surface area contributed by atoms with E-state index in [2.05, 4.69) is 30.7 Å². The van der Waals surface area contributed by atoms with Gasteiger partial charge in [0.1, 0.15) is 12.0 Å². The average Bonchev–Trinajstić information content (AvgIpc) is 3.77. The van der Waals surface area contributed by atoms with Crippen LogP contribution in [0, 0.1) is 11.0 Å². The van der Waals surface area contributed by atoms with Crippen LogP contribution in [0.2, 0.25) is 5.02 Å². The maximum Gasteiger partial charge on any atom is 0.433 e. The topological polar surface area (TPSA) is 119 Å². The minimum Gasteiger partial charge on any atom is -0.618 e. The Hall–Kier alpha value is -5.18. The van der Waals surface area contributed by atoms with E-state index in [-0.39, 0.29) is 39.6 Å². The normalized spacial score (nSPS) is 12.5. The van der Waals surface area contributed by atoms with E-state index in [1.54, 1.807) is 29.2 Å². The summed E-state index contributed by atoms with van der Waals surface area (Å²) < 4.78 is 59.8. The van der Waals surface area contributed by atoms with E-state index in [1.807, 2.05) is 0 Å². The first-order chi connectivity index (χ1) is 20.2. The van der Waals surface area contributed by atoms with E-state index in [0.29, 0.717) is 10.3 Å². The van der Waals surface area contributed by atoms with Crippen LogP contribution in [0.25, 0.3) is 27.9 Å². The molecule has 0 aliphatic carbocycles. The number of hydrogen-bond acceptors (Lipinski definition) is 7. The van der Waals surface area contributed by atoms with Crippen LogP contribution in [0.15, 0.2) is 86.0 Å². The van der Waals surface area contributed by atoms with Crippen LogP contribution >= 0.6 is 11.6 Å². The zero-order chi connectivity index (χ0) is 29.4. The van der Waals surface area contributed by atoms with Gasteiger partial charge in [-0.2, -0.15) is 32.8 Å². The highest BCUT2D eigenvalue weighted by Crippen LogP contribution is 2.34. The summed E-state index contributed by atoms with van der Waals surface area (Å²) in [5.41, 5.74) is 0.274. The molecule has 0 radical (unpaired) electrons. The van der Waals surface area contributed by atoms with E-state index in [4.69, 9.17) is 11.6 Å². The van der Waals surface area contributed by atoms with E-state index in [9.17, 15) is 18.4 Å². The molecule has 0 amide bonds. The van der Waals surface area contributed by atoms with Gasteiger partial charge in [-0.1, -0.05) is 11.6 Å². The van der Waals surface area contributed by atoms with Crippen LogP contribution in [-0.4, -0.2) is 44.8 Å². The standard InChI is InChI=1S/C26H17ClF4N10O/c27-19-3-5-21(40-15-33-36-37-40)24(25(19)28)17-2-4-20(41(42)13-17)22(14-38-9-1-7-34-38)39-12-18(11-35-39)16-6-8-32-23(10-16)26(29,30)31/h1-13,15,22H,14H2/t22-/m0/s1. The molecule has 42 heavy (non-hydrogen) atoms. The Kier molecular flexibility index (Phi) is 6.86. The van der Waals surface area contributed by atoms with Crippen molar-refractivity contribution in [1.29, 1.82) is 0 Å².